The van der Waals surface area contributed by atoms with Gasteiger partial charge in [0.2, 0.25) is 0 Å². The molecule has 0 aliphatic heterocycles. The van der Waals surface area contributed by atoms with Crippen molar-refractivity contribution in [2.24, 2.45) is 7.05 Å². The highest BCUT2D eigenvalue weighted by molar-refractivity contribution is 9.10. The summed E-state index contributed by atoms with van der Waals surface area (Å²) in [5, 5.41) is 7.27. The van der Waals surface area contributed by atoms with Crippen molar-refractivity contribution in [2.75, 3.05) is 5.32 Å². The normalized spacial score (nSPS) is 11.0. The van der Waals surface area contributed by atoms with Crippen molar-refractivity contribution in [3.8, 4) is 5.69 Å². The quantitative estimate of drug-likeness (QED) is 0.560. The first-order valence-corrected chi connectivity index (χ1v) is 8.90. The maximum absolute atomic E-state index is 11.9. The Bertz CT molecular complexity index is 1130. The summed E-state index contributed by atoms with van der Waals surface area (Å²) in [7, 11) is 1.62. The Labute approximate surface area is 158 Å². The molecule has 26 heavy (non-hydrogen) atoms. The first-order valence-electron chi connectivity index (χ1n) is 8.10. The molecule has 130 valence electrons. The minimum Gasteiger partial charge on any atom is -0.379 e. The lowest BCUT2D eigenvalue weighted by Crippen LogP contribution is -2.21. The van der Waals surface area contributed by atoms with Crippen molar-refractivity contribution < 1.29 is 0 Å². The lowest BCUT2D eigenvalue weighted by atomic mass is 10.2. The van der Waals surface area contributed by atoms with Gasteiger partial charge in [-0.15, -0.1) is 0 Å². The molecule has 2 heterocycles. The van der Waals surface area contributed by atoms with E-state index in [9.17, 15) is 4.79 Å². The lowest BCUT2D eigenvalue weighted by molar-refractivity contribution is 0.703. The van der Waals surface area contributed by atoms with Gasteiger partial charge in [0.25, 0.3) is 5.56 Å². The zero-order valence-electron chi connectivity index (χ0n) is 14.1. The van der Waals surface area contributed by atoms with Crippen molar-refractivity contribution in [1.29, 1.82) is 0 Å². The van der Waals surface area contributed by atoms with Crippen LogP contribution in [0.1, 0.15) is 5.56 Å². The van der Waals surface area contributed by atoms with Crippen LogP contribution in [0.15, 0.2) is 70.3 Å². The second-order valence-corrected chi connectivity index (χ2v) is 6.72. The van der Waals surface area contributed by atoms with Crippen LogP contribution in [0.5, 0.6) is 0 Å². The number of benzene rings is 2. The van der Waals surface area contributed by atoms with Crippen LogP contribution in [0.4, 0.5) is 5.69 Å². The van der Waals surface area contributed by atoms with Crippen LogP contribution in [0.2, 0.25) is 0 Å². The molecule has 0 atom stereocenters. The van der Waals surface area contributed by atoms with E-state index in [1.54, 1.807) is 13.2 Å². The Kier molecular flexibility index (Phi) is 4.30. The Morgan fingerprint density at radius 1 is 1.12 bits per heavy atom. The van der Waals surface area contributed by atoms with Gasteiger partial charge in [-0.1, -0.05) is 24.3 Å². The van der Waals surface area contributed by atoms with Gasteiger partial charge in [0.05, 0.1) is 22.9 Å². The first kappa shape index (κ1) is 16.5. The van der Waals surface area contributed by atoms with Crippen LogP contribution < -0.4 is 10.9 Å². The van der Waals surface area contributed by atoms with Gasteiger partial charge in [0.15, 0.2) is 0 Å². The molecule has 0 amide bonds. The number of aromatic nitrogens is 4. The number of anilines is 1. The van der Waals surface area contributed by atoms with Crippen molar-refractivity contribution in [2.45, 2.75) is 6.54 Å². The topological polar surface area (TPSA) is 64.7 Å². The van der Waals surface area contributed by atoms with E-state index < -0.39 is 0 Å². The van der Waals surface area contributed by atoms with E-state index in [0.29, 0.717) is 16.7 Å². The van der Waals surface area contributed by atoms with Gasteiger partial charge in [-0.2, -0.15) is 5.10 Å². The number of imidazole rings is 1. The van der Waals surface area contributed by atoms with Crippen molar-refractivity contribution in [3.63, 3.8) is 0 Å². The highest BCUT2D eigenvalue weighted by atomic mass is 79.9. The maximum Gasteiger partial charge on any atom is 0.282 e. The second-order valence-electron chi connectivity index (χ2n) is 5.92. The first-order chi connectivity index (χ1) is 12.6. The Balaban J connectivity index is 1.53. The molecule has 0 spiro atoms. The highest BCUT2D eigenvalue weighted by Crippen LogP contribution is 2.20. The molecule has 0 radical (unpaired) electrons. The van der Waals surface area contributed by atoms with E-state index in [1.165, 1.54) is 4.68 Å². The summed E-state index contributed by atoms with van der Waals surface area (Å²) in [6.45, 7) is 0.596. The molecule has 1 N–H and O–H groups in total. The second kappa shape index (κ2) is 6.76. The summed E-state index contributed by atoms with van der Waals surface area (Å²) in [6, 6.07) is 16.3. The smallest absolute Gasteiger partial charge is 0.282 e. The molecule has 7 heteroatoms. The summed E-state index contributed by atoms with van der Waals surface area (Å²) in [5.74, 6) is 0. The summed E-state index contributed by atoms with van der Waals surface area (Å²) >= 11 is 3.32. The summed E-state index contributed by atoms with van der Waals surface area (Å²) < 4.78 is 3.84. The fourth-order valence-electron chi connectivity index (χ4n) is 2.77. The molecular weight excluding hydrogens is 394 g/mol. The van der Waals surface area contributed by atoms with Crippen LogP contribution in [0.25, 0.3) is 16.7 Å². The van der Waals surface area contributed by atoms with Gasteiger partial charge in [-0.05, 0) is 45.8 Å². The largest absolute Gasteiger partial charge is 0.379 e. The molecule has 4 rings (SSSR count). The van der Waals surface area contributed by atoms with Crippen LogP contribution in [0.3, 0.4) is 0 Å². The summed E-state index contributed by atoms with van der Waals surface area (Å²) in [5.41, 5.74) is 4.72. The van der Waals surface area contributed by atoms with E-state index >= 15 is 0 Å². The number of hydrogen-bond acceptors (Lipinski definition) is 4. The molecule has 0 fully saturated rings. The third-order valence-corrected chi connectivity index (χ3v) is 5.00. The Morgan fingerprint density at radius 2 is 1.88 bits per heavy atom. The van der Waals surface area contributed by atoms with E-state index in [-0.39, 0.29) is 5.56 Å². The molecule has 0 aliphatic rings. The van der Waals surface area contributed by atoms with E-state index in [1.807, 2.05) is 24.5 Å². The lowest BCUT2D eigenvalue weighted by Gasteiger charge is -2.10. The molecule has 0 saturated heterocycles. The Morgan fingerprint density at radius 3 is 2.69 bits per heavy atom. The fourth-order valence-corrected chi connectivity index (χ4v) is 3.27. The minimum atomic E-state index is -0.169. The average Bonchev–Trinajstić information content (AvgIpc) is 3.10. The number of fused-ring (bicyclic) bond motifs is 1. The number of aryl methyl sites for hydroxylation is 1. The fraction of sp³-hybridized carbons (Fsp3) is 0.105. The number of nitrogens with zero attached hydrogens (tertiary/aromatic N) is 4. The number of para-hydroxylation sites is 2. The molecule has 2 aromatic heterocycles. The average molecular weight is 410 g/mol. The zero-order valence-corrected chi connectivity index (χ0v) is 15.6. The molecule has 2 aromatic carbocycles. The molecule has 0 aliphatic carbocycles. The highest BCUT2D eigenvalue weighted by Gasteiger charge is 2.07. The van der Waals surface area contributed by atoms with Gasteiger partial charge in [-0.25, -0.2) is 9.67 Å². The van der Waals surface area contributed by atoms with Crippen LogP contribution in [-0.2, 0) is 13.6 Å². The van der Waals surface area contributed by atoms with Gasteiger partial charge >= 0.3 is 0 Å². The van der Waals surface area contributed by atoms with Gasteiger partial charge in [0.1, 0.15) is 10.8 Å². The van der Waals surface area contributed by atoms with Crippen molar-refractivity contribution >= 4 is 32.7 Å². The van der Waals surface area contributed by atoms with Gasteiger partial charge in [0, 0.05) is 19.3 Å². The number of rotatable bonds is 4. The number of halogens is 1. The molecule has 0 bridgehead atoms. The molecular formula is C19H16BrN5O. The minimum absolute atomic E-state index is 0.169. The maximum atomic E-state index is 11.9. The third-order valence-electron chi connectivity index (χ3n) is 4.23. The Hall–Kier alpha value is -2.93. The van der Waals surface area contributed by atoms with Crippen LogP contribution in [0, 0.1) is 0 Å². The monoisotopic (exact) mass is 409 g/mol. The van der Waals surface area contributed by atoms with Crippen molar-refractivity contribution in [3.05, 3.63) is 81.4 Å². The van der Waals surface area contributed by atoms with E-state index in [2.05, 4.69) is 66.2 Å². The molecule has 0 unspecified atom stereocenters. The van der Waals surface area contributed by atoms with Crippen molar-refractivity contribution in [1.82, 2.24) is 19.3 Å². The predicted octanol–water partition coefficient (Wildman–Crippen LogP) is 3.49. The summed E-state index contributed by atoms with van der Waals surface area (Å²) in [6.07, 6.45) is 3.47. The van der Waals surface area contributed by atoms with Gasteiger partial charge in [-0.3, -0.25) is 9.36 Å². The molecule has 6 nitrogen and oxygen atoms in total. The van der Waals surface area contributed by atoms with Crippen LogP contribution >= 0.6 is 15.9 Å². The predicted molar refractivity (Wildman–Crippen MR) is 106 cm³/mol. The SMILES string of the molecule is Cn1ncc(NCc2ccc(-n3cnc4ccccc43)cc2)c(Br)c1=O. The third kappa shape index (κ3) is 3.01. The van der Waals surface area contributed by atoms with Crippen LogP contribution in [-0.4, -0.2) is 19.3 Å². The zero-order chi connectivity index (χ0) is 18.1. The van der Waals surface area contributed by atoms with E-state index in [4.69, 9.17) is 0 Å². The number of hydrogen-bond donors (Lipinski definition) is 1. The standard InChI is InChI=1S/C19H16BrN5O/c1-24-19(26)18(20)16(11-23-24)21-10-13-6-8-14(9-7-13)25-12-22-15-4-2-3-5-17(15)25/h2-9,11-12,21H,10H2,1H3. The van der Waals surface area contributed by atoms with E-state index in [0.717, 1.165) is 22.3 Å². The summed E-state index contributed by atoms with van der Waals surface area (Å²) in [4.78, 5) is 16.3. The van der Waals surface area contributed by atoms with Gasteiger partial charge < -0.3 is 5.32 Å². The number of nitrogens with one attached hydrogen (secondary N) is 1. The molecule has 4 aromatic rings. The molecule has 0 saturated carbocycles.